The van der Waals surface area contributed by atoms with Crippen molar-refractivity contribution in [3.05, 3.63) is 71.0 Å². The quantitative estimate of drug-likeness (QED) is 0.746. The third-order valence-corrected chi connectivity index (χ3v) is 5.55. The first-order valence-electron chi connectivity index (χ1n) is 9.50. The summed E-state index contributed by atoms with van der Waals surface area (Å²) in [5.41, 5.74) is 2.43. The van der Waals surface area contributed by atoms with E-state index in [1.165, 1.54) is 12.1 Å². The predicted octanol–water partition coefficient (Wildman–Crippen LogP) is 4.47. The highest BCUT2D eigenvalue weighted by atomic mass is 19.1. The summed E-state index contributed by atoms with van der Waals surface area (Å²) in [4.78, 5) is 14.9. The second-order valence-corrected chi connectivity index (χ2v) is 7.51. The molecular formula is C22H24FNO3. The monoisotopic (exact) mass is 369 g/mol. The first kappa shape index (κ1) is 18.0. The normalized spacial score (nSPS) is 25.0. The highest BCUT2D eigenvalue weighted by Crippen LogP contribution is 2.32. The topological polar surface area (TPSA) is 38.8 Å². The minimum atomic E-state index is -0.700. The van der Waals surface area contributed by atoms with Crippen LogP contribution in [0.3, 0.4) is 0 Å². The lowest BCUT2D eigenvalue weighted by Gasteiger charge is -2.43. The van der Waals surface area contributed by atoms with Crippen molar-refractivity contribution in [1.82, 2.24) is 4.90 Å². The van der Waals surface area contributed by atoms with Gasteiger partial charge in [-0.2, -0.15) is 0 Å². The molecule has 5 rings (SSSR count). The molecule has 3 aliphatic rings. The third kappa shape index (κ3) is 4.14. The Morgan fingerprint density at radius 3 is 2.44 bits per heavy atom. The molecule has 27 heavy (non-hydrogen) atoms. The van der Waals surface area contributed by atoms with Crippen LogP contribution in [0.4, 0.5) is 9.18 Å². The standard InChI is InChI=1S/C22H24FNO3/c1-15-4-2-5-17(12-15)21(18-6-3-7-19(23)13-18)27-22(25)26-20-14-24-10-8-16(20)9-11-24/h2-7,12-13,16,20-21H,8-11,14H2,1H3. The minimum Gasteiger partial charge on any atom is -0.429 e. The summed E-state index contributed by atoms with van der Waals surface area (Å²) in [5.74, 6) is 0.0497. The van der Waals surface area contributed by atoms with Crippen molar-refractivity contribution in [2.24, 2.45) is 5.92 Å². The van der Waals surface area contributed by atoms with Gasteiger partial charge in [0.2, 0.25) is 0 Å². The molecule has 2 atom stereocenters. The van der Waals surface area contributed by atoms with Gasteiger partial charge in [-0.15, -0.1) is 0 Å². The molecular weight excluding hydrogens is 345 g/mol. The zero-order valence-electron chi connectivity index (χ0n) is 15.4. The number of carbonyl (C=O) groups excluding carboxylic acids is 1. The van der Waals surface area contributed by atoms with Gasteiger partial charge in [0.25, 0.3) is 0 Å². The second-order valence-electron chi connectivity index (χ2n) is 7.51. The van der Waals surface area contributed by atoms with Crippen molar-refractivity contribution in [1.29, 1.82) is 0 Å². The van der Waals surface area contributed by atoms with E-state index in [0.717, 1.165) is 43.6 Å². The molecule has 0 N–H and O–H groups in total. The van der Waals surface area contributed by atoms with Crippen molar-refractivity contribution in [2.45, 2.75) is 32.0 Å². The van der Waals surface area contributed by atoms with Crippen LogP contribution in [-0.2, 0) is 9.47 Å². The lowest BCUT2D eigenvalue weighted by Crippen LogP contribution is -2.52. The van der Waals surface area contributed by atoms with Crippen molar-refractivity contribution in [3.63, 3.8) is 0 Å². The number of benzene rings is 2. The number of hydrogen-bond acceptors (Lipinski definition) is 4. The van der Waals surface area contributed by atoms with Crippen LogP contribution in [0, 0.1) is 18.7 Å². The zero-order chi connectivity index (χ0) is 18.8. The summed E-state index contributed by atoms with van der Waals surface area (Å²) in [6, 6.07) is 13.8. The first-order chi connectivity index (χ1) is 13.1. The van der Waals surface area contributed by atoms with Crippen LogP contribution in [0.2, 0.25) is 0 Å². The number of carbonyl (C=O) groups is 1. The summed E-state index contributed by atoms with van der Waals surface area (Å²) >= 11 is 0. The lowest BCUT2D eigenvalue weighted by molar-refractivity contribution is -0.0642. The summed E-state index contributed by atoms with van der Waals surface area (Å²) in [7, 11) is 0. The molecule has 0 amide bonds. The Labute approximate surface area is 158 Å². The molecule has 5 heteroatoms. The molecule has 0 aromatic heterocycles. The molecule has 3 heterocycles. The van der Waals surface area contributed by atoms with Gasteiger partial charge in [0.1, 0.15) is 11.9 Å². The summed E-state index contributed by atoms with van der Waals surface area (Å²) in [5, 5.41) is 0. The van der Waals surface area contributed by atoms with Crippen molar-refractivity contribution in [2.75, 3.05) is 19.6 Å². The van der Waals surface area contributed by atoms with E-state index in [1.54, 1.807) is 12.1 Å². The number of rotatable bonds is 4. The molecule has 3 fully saturated rings. The Morgan fingerprint density at radius 1 is 1.11 bits per heavy atom. The van der Waals surface area contributed by atoms with E-state index in [2.05, 4.69) is 4.90 Å². The number of fused-ring (bicyclic) bond motifs is 3. The van der Waals surface area contributed by atoms with Crippen LogP contribution in [0.1, 0.15) is 35.6 Å². The van der Waals surface area contributed by atoms with E-state index in [9.17, 15) is 9.18 Å². The Bertz CT molecular complexity index is 771. The van der Waals surface area contributed by atoms with E-state index >= 15 is 0 Å². The molecule has 2 aromatic carbocycles. The number of piperidine rings is 3. The van der Waals surface area contributed by atoms with Crippen LogP contribution in [-0.4, -0.2) is 36.8 Å². The van der Waals surface area contributed by atoms with Gasteiger partial charge in [0, 0.05) is 12.1 Å². The SMILES string of the molecule is Cc1cccc(C(OC(=O)OC2CN3CCC2CC3)c2cccc(F)c2)c1. The number of nitrogens with zero attached hydrogens (tertiary/aromatic N) is 1. The molecule has 0 aliphatic carbocycles. The van der Waals surface area contributed by atoms with Gasteiger partial charge in [-0.05, 0) is 56.5 Å². The molecule has 2 unspecified atom stereocenters. The van der Waals surface area contributed by atoms with Crippen molar-refractivity contribution in [3.8, 4) is 0 Å². The first-order valence-corrected chi connectivity index (χ1v) is 9.50. The highest BCUT2D eigenvalue weighted by Gasteiger charge is 2.37. The minimum absolute atomic E-state index is 0.120. The van der Waals surface area contributed by atoms with E-state index in [-0.39, 0.29) is 11.9 Å². The fraction of sp³-hybridized carbons (Fsp3) is 0.409. The molecule has 4 nitrogen and oxygen atoms in total. The maximum absolute atomic E-state index is 13.8. The van der Waals surface area contributed by atoms with Crippen LogP contribution in [0.15, 0.2) is 48.5 Å². The molecule has 3 saturated heterocycles. The fourth-order valence-corrected chi connectivity index (χ4v) is 4.12. The van der Waals surface area contributed by atoms with Crippen LogP contribution in [0.5, 0.6) is 0 Å². The van der Waals surface area contributed by atoms with Gasteiger partial charge in [0.05, 0.1) is 0 Å². The van der Waals surface area contributed by atoms with Gasteiger partial charge in [-0.3, -0.25) is 4.90 Å². The average molecular weight is 369 g/mol. The van der Waals surface area contributed by atoms with Crippen molar-refractivity contribution < 1.29 is 18.7 Å². The van der Waals surface area contributed by atoms with Crippen molar-refractivity contribution >= 4 is 6.16 Å². The molecule has 2 bridgehead atoms. The third-order valence-electron chi connectivity index (χ3n) is 5.55. The summed E-state index contributed by atoms with van der Waals surface area (Å²) in [6.07, 6.45) is 0.608. The molecule has 0 spiro atoms. The average Bonchev–Trinajstić information content (AvgIpc) is 2.67. The summed E-state index contributed by atoms with van der Waals surface area (Å²) in [6.45, 7) is 4.90. The Kier molecular flexibility index (Phi) is 5.12. The van der Waals surface area contributed by atoms with Gasteiger partial charge in [-0.25, -0.2) is 9.18 Å². The number of halogens is 1. The van der Waals surface area contributed by atoms with Crippen LogP contribution in [0.25, 0.3) is 0 Å². The van der Waals surface area contributed by atoms with E-state index in [4.69, 9.17) is 9.47 Å². The molecule has 2 aromatic rings. The molecule has 0 radical (unpaired) electrons. The molecule has 142 valence electrons. The molecule has 0 saturated carbocycles. The van der Waals surface area contributed by atoms with Gasteiger partial charge in [-0.1, -0.05) is 42.0 Å². The fourth-order valence-electron chi connectivity index (χ4n) is 4.12. The van der Waals surface area contributed by atoms with Crippen LogP contribution < -0.4 is 0 Å². The largest absolute Gasteiger partial charge is 0.509 e. The van der Waals surface area contributed by atoms with Gasteiger partial charge < -0.3 is 9.47 Å². The highest BCUT2D eigenvalue weighted by molar-refractivity contribution is 5.61. The van der Waals surface area contributed by atoms with Crippen LogP contribution >= 0.6 is 0 Å². The lowest BCUT2D eigenvalue weighted by atomic mass is 9.86. The second kappa shape index (κ2) is 7.69. The summed E-state index contributed by atoms with van der Waals surface area (Å²) < 4.78 is 25.1. The molecule has 3 aliphatic heterocycles. The number of aryl methyl sites for hydroxylation is 1. The van der Waals surface area contributed by atoms with Gasteiger partial charge in [0.15, 0.2) is 6.10 Å². The Hall–Kier alpha value is -2.40. The smallest absolute Gasteiger partial charge is 0.429 e. The van der Waals surface area contributed by atoms with E-state index in [0.29, 0.717) is 11.5 Å². The maximum atomic E-state index is 13.8. The maximum Gasteiger partial charge on any atom is 0.509 e. The number of ether oxygens (including phenoxy) is 2. The predicted molar refractivity (Wildman–Crippen MR) is 99.9 cm³/mol. The van der Waals surface area contributed by atoms with E-state index in [1.807, 2.05) is 31.2 Å². The number of hydrogen-bond donors (Lipinski definition) is 0. The van der Waals surface area contributed by atoms with Gasteiger partial charge >= 0.3 is 6.16 Å². The Balaban J connectivity index is 1.53. The van der Waals surface area contributed by atoms with E-state index < -0.39 is 12.3 Å². The zero-order valence-corrected chi connectivity index (χ0v) is 15.4. The Morgan fingerprint density at radius 2 is 1.81 bits per heavy atom.